The summed E-state index contributed by atoms with van der Waals surface area (Å²) in [5.41, 5.74) is 7.37. The molecule has 3 N–H and O–H groups in total. The Morgan fingerprint density at radius 3 is 2.26 bits per heavy atom. The lowest BCUT2D eigenvalue weighted by Gasteiger charge is -2.26. The molecule has 0 spiro atoms. The smallest absolute Gasteiger partial charge is 0.382 e. The van der Waals surface area contributed by atoms with Crippen LogP contribution in [0.5, 0.6) is 0 Å². The van der Waals surface area contributed by atoms with E-state index in [1.165, 1.54) is 108 Å². The number of hydrogen-bond acceptors (Lipinski definition) is 9. The van der Waals surface area contributed by atoms with E-state index >= 15 is 0 Å². The summed E-state index contributed by atoms with van der Waals surface area (Å²) < 4.78 is 52.1. The van der Waals surface area contributed by atoms with Crippen molar-refractivity contribution in [1.29, 1.82) is 5.26 Å². The Bertz CT molecular complexity index is 1630. The molecule has 2 aromatic heterocycles. The highest BCUT2D eigenvalue weighted by atomic mass is 31.2. The van der Waals surface area contributed by atoms with Crippen LogP contribution in [0.25, 0.3) is 5.52 Å². The van der Waals surface area contributed by atoms with Gasteiger partial charge in [-0.05, 0) is 62.1 Å². The van der Waals surface area contributed by atoms with Crippen LogP contribution in [0.3, 0.4) is 0 Å². The number of aromatic nitrogens is 3. The fourth-order valence-electron chi connectivity index (χ4n) is 7.19. The van der Waals surface area contributed by atoms with E-state index in [9.17, 15) is 19.1 Å². The lowest BCUT2D eigenvalue weighted by molar-refractivity contribution is -0.0663. The van der Waals surface area contributed by atoms with Crippen molar-refractivity contribution < 1.29 is 32.4 Å². The van der Waals surface area contributed by atoms with E-state index in [1.807, 2.05) is 25.1 Å². The first-order valence-electron chi connectivity index (χ1n) is 20.3. The molecule has 0 amide bonds. The maximum absolute atomic E-state index is 14.1. The maximum atomic E-state index is 14.1. The number of nitriles is 1. The van der Waals surface area contributed by atoms with Gasteiger partial charge in [-0.1, -0.05) is 116 Å². The van der Waals surface area contributed by atoms with Crippen molar-refractivity contribution in [2.75, 3.05) is 18.9 Å². The topological polar surface area (TPSA) is 154 Å². The number of nitrogens with two attached hydrogens (primary N) is 1. The van der Waals surface area contributed by atoms with Gasteiger partial charge < -0.3 is 20.1 Å². The Morgan fingerprint density at radius 1 is 1.00 bits per heavy atom. The molecule has 13 heteroatoms. The third kappa shape index (κ3) is 15.3. The molecule has 4 atom stereocenters. The van der Waals surface area contributed by atoms with E-state index in [0.717, 1.165) is 25.0 Å². The van der Waals surface area contributed by atoms with Crippen molar-refractivity contribution in [3.63, 3.8) is 0 Å². The number of benzene rings is 1. The number of halogens is 1. The second-order valence-corrected chi connectivity index (χ2v) is 16.6. The van der Waals surface area contributed by atoms with Crippen molar-refractivity contribution in [2.45, 2.75) is 167 Å². The first-order chi connectivity index (χ1) is 26.1. The lowest BCUT2D eigenvalue weighted by Crippen LogP contribution is -2.30. The normalized spacial score (nSPS) is 18.9. The molecule has 0 bridgehead atoms. The standard InChI is InChI=1S/C41H63FN5O6P/c1-3-4-5-6-7-8-9-10-11-12-13-14-15-16-17-18-19-20-36(50-29-34-25-33(28-43)26-35(42)27-34)30-51-54(48,49)52-31-41(2)24-23-39(53-41)37-21-22-38-40(44)45-32-46-47(37)38/h21-22,25-27,32,36,39H,3-20,23-24,29-31H2,1-2H3,(H,48,49)(H2,44,45,46)/t36-,39-,41+/m1/s1. The van der Waals surface area contributed by atoms with E-state index in [2.05, 4.69) is 17.0 Å². The predicted octanol–water partition coefficient (Wildman–Crippen LogP) is 10.7. The van der Waals surface area contributed by atoms with Gasteiger partial charge in [-0.2, -0.15) is 10.4 Å². The summed E-state index contributed by atoms with van der Waals surface area (Å²) in [6, 6.07) is 9.76. The fraction of sp³-hybridized carbons (Fsp3) is 0.683. The van der Waals surface area contributed by atoms with Crippen LogP contribution >= 0.6 is 7.82 Å². The van der Waals surface area contributed by atoms with E-state index in [-0.39, 0.29) is 31.5 Å². The molecule has 1 unspecified atom stereocenters. The van der Waals surface area contributed by atoms with Gasteiger partial charge in [0.05, 0.1) is 48.9 Å². The third-order valence-corrected chi connectivity index (χ3v) is 11.3. The Morgan fingerprint density at radius 2 is 1.63 bits per heavy atom. The molecule has 3 aromatic rings. The number of nitrogen functional groups attached to an aromatic ring is 1. The van der Waals surface area contributed by atoms with Crippen LogP contribution in [-0.4, -0.2) is 44.4 Å². The Labute approximate surface area is 321 Å². The van der Waals surface area contributed by atoms with Gasteiger partial charge in [0.25, 0.3) is 0 Å². The number of unbranched alkanes of at least 4 members (excludes halogenated alkanes) is 16. The molecule has 1 saturated heterocycles. The third-order valence-electron chi connectivity index (χ3n) is 10.4. The molecule has 1 fully saturated rings. The average Bonchev–Trinajstić information content (AvgIpc) is 3.77. The summed E-state index contributed by atoms with van der Waals surface area (Å²) in [7, 11) is -4.47. The second-order valence-electron chi connectivity index (χ2n) is 15.2. The largest absolute Gasteiger partial charge is 0.472 e. The predicted molar refractivity (Wildman–Crippen MR) is 209 cm³/mol. The van der Waals surface area contributed by atoms with Crippen LogP contribution in [0.1, 0.15) is 165 Å². The summed E-state index contributed by atoms with van der Waals surface area (Å²) in [5.74, 6) is -0.150. The van der Waals surface area contributed by atoms with E-state index in [4.69, 9.17) is 24.3 Å². The fourth-order valence-corrected chi connectivity index (χ4v) is 8.05. The molecule has 4 rings (SSSR count). The zero-order chi connectivity index (χ0) is 38.7. The molecule has 1 aliphatic heterocycles. The van der Waals surface area contributed by atoms with Crippen LogP contribution in [0.2, 0.25) is 0 Å². The van der Waals surface area contributed by atoms with E-state index in [1.54, 1.807) is 10.6 Å². The summed E-state index contributed by atoms with van der Waals surface area (Å²) in [4.78, 5) is 14.7. The summed E-state index contributed by atoms with van der Waals surface area (Å²) in [5, 5.41) is 13.5. The molecule has 300 valence electrons. The quantitative estimate of drug-likeness (QED) is 0.0538. The number of rotatable bonds is 28. The molecule has 1 aliphatic rings. The monoisotopic (exact) mass is 771 g/mol. The molecule has 0 saturated carbocycles. The molecular formula is C41H63FN5O6P. The van der Waals surface area contributed by atoms with Gasteiger partial charge in [-0.15, -0.1) is 0 Å². The van der Waals surface area contributed by atoms with Gasteiger partial charge in [0, 0.05) is 0 Å². The lowest BCUT2D eigenvalue weighted by atomic mass is 10.0. The molecule has 11 nitrogen and oxygen atoms in total. The van der Waals surface area contributed by atoms with Crippen molar-refractivity contribution in [2.24, 2.45) is 0 Å². The summed E-state index contributed by atoms with van der Waals surface area (Å²) >= 11 is 0. The Hall–Kier alpha value is -2.91. The Kier molecular flexibility index (Phi) is 18.8. The number of hydrogen-bond donors (Lipinski definition) is 2. The van der Waals surface area contributed by atoms with Crippen molar-refractivity contribution >= 4 is 19.2 Å². The van der Waals surface area contributed by atoms with Crippen LogP contribution in [0.4, 0.5) is 10.2 Å². The van der Waals surface area contributed by atoms with Crippen LogP contribution in [0, 0.1) is 17.1 Å². The first kappa shape index (κ1) is 43.8. The second kappa shape index (κ2) is 23.2. The molecule has 3 heterocycles. The van der Waals surface area contributed by atoms with Crippen molar-refractivity contribution in [1.82, 2.24) is 14.6 Å². The highest BCUT2D eigenvalue weighted by molar-refractivity contribution is 7.47. The SMILES string of the molecule is CCCCCCCCCCCCCCCCCCC[C@H](COP(=O)(O)OC[C@]1(C)CC[C@H](c2ccc3c(N)ncnn23)O1)OCc1cc(F)cc(C#N)c1. The molecule has 0 radical (unpaired) electrons. The number of nitrogens with zero attached hydrogens (tertiary/aromatic N) is 4. The van der Waals surface area contributed by atoms with Crippen molar-refractivity contribution in [3.05, 3.63) is 59.3 Å². The molecule has 1 aromatic carbocycles. The number of phosphoric acid groups is 1. The van der Waals surface area contributed by atoms with Gasteiger partial charge in [0.1, 0.15) is 23.8 Å². The van der Waals surface area contributed by atoms with Crippen molar-refractivity contribution in [3.8, 4) is 6.07 Å². The average molecular weight is 772 g/mol. The minimum atomic E-state index is -4.47. The number of phosphoric ester groups is 1. The number of anilines is 1. The van der Waals surface area contributed by atoms with Crippen LogP contribution in [0.15, 0.2) is 36.7 Å². The maximum Gasteiger partial charge on any atom is 0.472 e. The van der Waals surface area contributed by atoms with Gasteiger partial charge in [-0.25, -0.2) is 18.5 Å². The molecule has 54 heavy (non-hydrogen) atoms. The first-order valence-corrected chi connectivity index (χ1v) is 21.8. The zero-order valence-corrected chi connectivity index (χ0v) is 33.5. The highest BCUT2D eigenvalue weighted by Gasteiger charge is 2.40. The van der Waals surface area contributed by atoms with Gasteiger partial charge in [0.2, 0.25) is 0 Å². The number of ether oxygens (including phenoxy) is 2. The zero-order valence-electron chi connectivity index (χ0n) is 32.6. The van der Waals surface area contributed by atoms with Gasteiger partial charge in [-0.3, -0.25) is 9.05 Å². The van der Waals surface area contributed by atoms with E-state index < -0.39 is 25.3 Å². The minimum absolute atomic E-state index is 0.0360. The van der Waals surface area contributed by atoms with Gasteiger partial charge in [0.15, 0.2) is 5.82 Å². The number of fused-ring (bicyclic) bond motifs is 1. The van der Waals surface area contributed by atoms with Crippen LogP contribution in [-0.2, 0) is 29.7 Å². The van der Waals surface area contributed by atoms with Crippen LogP contribution < -0.4 is 5.73 Å². The summed E-state index contributed by atoms with van der Waals surface area (Å²) in [6.07, 6.45) is 24.1. The van der Waals surface area contributed by atoms with Gasteiger partial charge >= 0.3 is 7.82 Å². The Balaban J connectivity index is 1.16. The van der Waals surface area contributed by atoms with E-state index in [0.29, 0.717) is 36.2 Å². The molecule has 0 aliphatic carbocycles. The summed E-state index contributed by atoms with van der Waals surface area (Å²) in [6.45, 7) is 3.81. The highest BCUT2D eigenvalue weighted by Crippen LogP contribution is 2.47. The molecular weight excluding hydrogens is 708 g/mol. The minimum Gasteiger partial charge on any atom is -0.382 e.